The monoisotopic (exact) mass is 239 g/mol. The number of para-hydroxylation sites is 2. The van der Waals surface area contributed by atoms with E-state index in [1.807, 2.05) is 36.0 Å². The molecule has 2 N–H and O–H groups in total. The van der Waals surface area contributed by atoms with Crippen LogP contribution in [0.15, 0.2) is 24.3 Å². The van der Waals surface area contributed by atoms with Crippen molar-refractivity contribution in [3.8, 4) is 5.75 Å². The van der Waals surface area contributed by atoms with Crippen LogP contribution in [0, 0.1) is 0 Å². The molecule has 0 atom stereocenters. The Bertz CT molecular complexity index is 291. The van der Waals surface area contributed by atoms with E-state index in [-0.39, 0.29) is 0 Å². The van der Waals surface area contributed by atoms with E-state index in [9.17, 15) is 0 Å². The lowest BCUT2D eigenvalue weighted by Gasteiger charge is -2.08. The van der Waals surface area contributed by atoms with Crippen LogP contribution in [-0.4, -0.2) is 18.1 Å². The van der Waals surface area contributed by atoms with Gasteiger partial charge in [-0.05, 0) is 36.5 Å². The van der Waals surface area contributed by atoms with Crippen LogP contribution in [0.4, 0.5) is 5.69 Å². The Morgan fingerprint density at radius 3 is 2.69 bits per heavy atom. The molecule has 0 aliphatic rings. The van der Waals surface area contributed by atoms with Gasteiger partial charge in [-0.1, -0.05) is 25.5 Å². The highest BCUT2D eigenvalue weighted by Crippen LogP contribution is 2.19. The molecule has 0 aliphatic carbocycles. The topological polar surface area (TPSA) is 35.2 Å². The Kier molecular flexibility index (Phi) is 6.90. The van der Waals surface area contributed by atoms with Crippen LogP contribution < -0.4 is 10.5 Å². The fraction of sp³-hybridized carbons (Fsp3) is 0.538. The molecule has 3 heteroatoms. The van der Waals surface area contributed by atoms with Gasteiger partial charge in [0.05, 0.1) is 12.3 Å². The molecule has 0 saturated carbocycles. The predicted molar refractivity (Wildman–Crippen MR) is 73.2 cm³/mol. The zero-order valence-corrected chi connectivity index (χ0v) is 10.8. The van der Waals surface area contributed by atoms with Crippen LogP contribution in [0.1, 0.15) is 26.2 Å². The Morgan fingerprint density at radius 1 is 1.19 bits per heavy atom. The quantitative estimate of drug-likeness (QED) is 0.556. The summed E-state index contributed by atoms with van der Waals surface area (Å²) in [5.74, 6) is 3.25. The Labute approximate surface area is 103 Å². The number of nitrogen functional groups attached to an aromatic ring is 1. The molecule has 0 aliphatic heterocycles. The minimum Gasteiger partial charge on any atom is -0.491 e. The van der Waals surface area contributed by atoms with Crippen LogP contribution in [0.5, 0.6) is 5.75 Å². The number of anilines is 1. The summed E-state index contributed by atoms with van der Waals surface area (Å²) in [7, 11) is 0. The van der Waals surface area contributed by atoms with Crippen LogP contribution >= 0.6 is 11.8 Å². The van der Waals surface area contributed by atoms with Gasteiger partial charge in [0.1, 0.15) is 5.75 Å². The third-order valence-electron chi connectivity index (χ3n) is 2.25. The number of unbranched alkanes of at least 4 members (excludes halogenated alkanes) is 1. The summed E-state index contributed by atoms with van der Waals surface area (Å²) < 4.78 is 5.60. The molecule has 0 unspecified atom stereocenters. The molecule has 16 heavy (non-hydrogen) atoms. The van der Waals surface area contributed by atoms with Gasteiger partial charge in [-0.15, -0.1) is 0 Å². The van der Waals surface area contributed by atoms with Crippen molar-refractivity contribution < 1.29 is 4.74 Å². The molecule has 1 aromatic carbocycles. The zero-order valence-electron chi connectivity index (χ0n) is 9.95. The number of benzene rings is 1. The van der Waals surface area contributed by atoms with Crippen molar-refractivity contribution in [2.24, 2.45) is 0 Å². The lowest BCUT2D eigenvalue weighted by Crippen LogP contribution is -2.01. The van der Waals surface area contributed by atoms with E-state index in [4.69, 9.17) is 10.5 Å². The van der Waals surface area contributed by atoms with Crippen molar-refractivity contribution in [3.05, 3.63) is 24.3 Å². The second-order valence-electron chi connectivity index (χ2n) is 3.71. The number of thioether (sulfide) groups is 1. The van der Waals surface area contributed by atoms with E-state index in [1.165, 1.54) is 24.3 Å². The largest absolute Gasteiger partial charge is 0.491 e. The molecule has 0 saturated heterocycles. The molecule has 0 spiro atoms. The number of ether oxygens (including phenoxy) is 1. The molecule has 0 radical (unpaired) electrons. The standard InChI is InChI=1S/C13H21NOS/c1-2-3-10-16-11-6-9-15-13-8-5-4-7-12(13)14/h4-5,7-8H,2-3,6,9-11,14H2,1H3. The molecule has 0 bridgehead atoms. The van der Waals surface area contributed by atoms with Crippen LogP contribution in [0.25, 0.3) is 0 Å². The zero-order chi connectivity index (χ0) is 11.6. The molecule has 90 valence electrons. The Morgan fingerprint density at radius 2 is 1.94 bits per heavy atom. The number of rotatable bonds is 8. The van der Waals surface area contributed by atoms with Crippen molar-refractivity contribution in [2.75, 3.05) is 23.8 Å². The Balaban J connectivity index is 2.05. The highest BCUT2D eigenvalue weighted by atomic mass is 32.2. The Hall–Kier alpha value is -0.830. The SMILES string of the molecule is CCCCSCCCOc1ccccc1N. The summed E-state index contributed by atoms with van der Waals surface area (Å²) in [6, 6.07) is 7.65. The average Bonchev–Trinajstić information content (AvgIpc) is 2.30. The lowest BCUT2D eigenvalue weighted by molar-refractivity contribution is 0.320. The molecule has 1 rings (SSSR count). The molecule has 0 heterocycles. The highest BCUT2D eigenvalue weighted by Gasteiger charge is 1.97. The normalized spacial score (nSPS) is 10.3. The molecular weight excluding hydrogens is 218 g/mol. The van der Waals surface area contributed by atoms with Gasteiger partial charge in [0.15, 0.2) is 0 Å². The first kappa shape index (κ1) is 13.2. The second-order valence-corrected chi connectivity index (χ2v) is 4.93. The van der Waals surface area contributed by atoms with Crippen molar-refractivity contribution in [2.45, 2.75) is 26.2 Å². The van der Waals surface area contributed by atoms with E-state index in [1.54, 1.807) is 0 Å². The molecule has 1 aromatic rings. The fourth-order valence-electron chi connectivity index (χ4n) is 1.30. The molecule has 0 aromatic heterocycles. The van der Waals surface area contributed by atoms with E-state index in [2.05, 4.69) is 6.92 Å². The molecular formula is C13H21NOS. The van der Waals surface area contributed by atoms with Gasteiger partial charge in [0.2, 0.25) is 0 Å². The first-order valence-corrected chi connectivity index (χ1v) is 7.05. The summed E-state index contributed by atoms with van der Waals surface area (Å²) in [6.07, 6.45) is 3.68. The van der Waals surface area contributed by atoms with Gasteiger partial charge in [0.25, 0.3) is 0 Å². The van der Waals surface area contributed by atoms with Crippen molar-refractivity contribution in [1.82, 2.24) is 0 Å². The molecule has 2 nitrogen and oxygen atoms in total. The van der Waals surface area contributed by atoms with Crippen LogP contribution in [0.3, 0.4) is 0 Å². The lowest BCUT2D eigenvalue weighted by atomic mass is 10.3. The number of nitrogens with two attached hydrogens (primary N) is 1. The maximum atomic E-state index is 5.77. The summed E-state index contributed by atoms with van der Waals surface area (Å²) in [5, 5.41) is 0. The first-order chi connectivity index (χ1) is 7.84. The second kappa shape index (κ2) is 8.34. The first-order valence-electron chi connectivity index (χ1n) is 5.89. The van der Waals surface area contributed by atoms with Crippen LogP contribution in [-0.2, 0) is 0 Å². The highest BCUT2D eigenvalue weighted by molar-refractivity contribution is 7.99. The van der Waals surface area contributed by atoms with Crippen molar-refractivity contribution in [1.29, 1.82) is 0 Å². The maximum Gasteiger partial charge on any atom is 0.142 e. The van der Waals surface area contributed by atoms with Crippen molar-refractivity contribution >= 4 is 17.4 Å². The smallest absolute Gasteiger partial charge is 0.142 e. The summed E-state index contributed by atoms with van der Waals surface area (Å²) in [4.78, 5) is 0. The average molecular weight is 239 g/mol. The minimum absolute atomic E-state index is 0.723. The van der Waals surface area contributed by atoms with Gasteiger partial charge in [0, 0.05) is 0 Å². The summed E-state index contributed by atoms with van der Waals surface area (Å²) >= 11 is 2.01. The van der Waals surface area contributed by atoms with Gasteiger partial charge in [-0.3, -0.25) is 0 Å². The summed E-state index contributed by atoms with van der Waals surface area (Å²) in [6.45, 7) is 2.98. The third kappa shape index (κ3) is 5.31. The van der Waals surface area contributed by atoms with E-state index in [0.717, 1.165) is 24.5 Å². The van der Waals surface area contributed by atoms with Gasteiger partial charge < -0.3 is 10.5 Å². The fourth-order valence-corrected chi connectivity index (χ4v) is 2.32. The third-order valence-corrected chi connectivity index (χ3v) is 3.41. The van der Waals surface area contributed by atoms with Gasteiger partial charge >= 0.3 is 0 Å². The number of hydrogen-bond donors (Lipinski definition) is 1. The molecule has 0 amide bonds. The van der Waals surface area contributed by atoms with E-state index >= 15 is 0 Å². The van der Waals surface area contributed by atoms with Gasteiger partial charge in [-0.2, -0.15) is 11.8 Å². The van der Waals surface area contributed by atoms with E-state index in [0.29, 0.717) is 0 Å². The maximum absolute atomic E-state index is 5.77. The van der Waals surface area contributed by atoms with Gasteiger partial charge in [-0.25, -0.2) is 0 Å². The number of hydrogen-bond acceptors (Lipinski definition) is 3. The predicted octanol–water partition coefficient (Wildman–Crippen LogP) is 3.57. The summed E-state index contributed by atoms with van der Waals surface area (Å²) in [5.41, 5.74) is 6.49. The van der Waals surface area contributed by atoms with Crippen molar-refractivity contribution in [3.63, 3.8) is 0 Å². The van der Waals surface area contributed by atoms with Crippen LogP contribution in [0.2, 0.25) is 0 Å². The van der Waals surface area contributed by atoms with E-state index < -0.39 is 0 Å². The minimum atomic E-state index is 0.723. The molecule has 0 fully saturated rings.